The minimum atomic E-state index is -3.55. The number of aromatic nitrogens is 3. The number of nitrogens with one attached hydrogen (secondary N) is 3. The highest BCUT2D eigenvalue weighted by molar-refractivity contribution is 7.89. The van der Waals surface area contributed by atoms with Gasteiger partial charge >= 0.3 is 0 Å². The van der Waals surface area contributed by atoms with Gasteiger partial charge < -0.3 is 10.6 Å². The number of aryl methyl sites for hydroxylation is 3. The van der Waals surface area contributed by atoms with Crippen molar-refractivity contribution >= 4 is 16.0 Å². The lowest BCUT2D eigenvalue weighted by atomic mass is 10.4. The fourth-order valence-corrected chi connectivity index (χ4v) is 3.60. The molecule has 28 heavy (non-hydrogen) atoms. The van der Waals surface area contributed by atoms with Crippen LogP contribution >= 0.6 is 0 Å². The first kappa shape index (κ1) is 21.8. The topological polar surface area (TPSA) is 113 Å². The zero-order valence-electron chi connectivity index (χ0n) is 16.6. The fraction of sp³-hybridized carbons (Fsp3) is 0.500. The van der Waals surface area contributed by atoms with Gasteiger partial charge in [0.1, 0.15) is 4.90 Å². The lowest BCUT2D eigenvalue weighted by Crippen LogP contribution is -2.41. The van der Waals surface area contributed by atoms with Gasteiger partial charge in [-0.2, -0.15) is 5.10 Å². The molecule has 0 unspecified atom stereocenters. The Hall–Kier alpha value is -2.46. The van der Waals surface area contributed by atoms with E-state index in [-0.39, 0.29) is 11.4 Å². The molecule has 0 spiro atoms. The summed E-state index contributed by atoms with van der Waals surface area (Å²) in [6, 6.07) is 5.16. The van der Waals surface area contributed by atoms with E-state index in [2.05, 4.69) is 36.5 Å². The van der Waals surface area contributed by atoms with Crippen molar-refractivity contribution in [3.8, 4) is 0 Å². The molecule has 0 aliphatic rings. The highest BCUT2D eigenvalue weighted by Gasteiger charge is 2.12. The van der Waals surface area contributed by atoms with Crippen molar-refractivity contribution in [3.05, 3.63) is 42.0 Å². The van der Waals surface area contributed by atoms with Crippen molar-refractivity contribution in [2.45, 2.75) is 38.6 Å². The van der Waals surface area contributed by atoms with Gasteiger partial charge in [0.05, 0.1) is 5.69 Å². The monoisotopic (exact) mass is 407 g/mol. The van der Waals surface area contributed by atoms with Crippen molar-refractivity contribution in [2.75, 3.05) is 26.2 Å². The lowest BCUT2D eigenvalue weighted by molar-refractivity contribution is 0.566. The average Bonchev–Trinajstić information content (AvgIpc) is 3.00. The van der Waals surface area contributed by atoms with Crippen LogP contribution in [0.15, 0.2) is 40.5 Å². The van der Waals surface area contributed by atoms with Gasteiger partial charge in [0.25, 0.3) is 0 Å². The first-order valence-corrected chi connectivity index (χ1v) is 10.8. The van der Waals surface area contributed by atoms with Crippen LogP contribution < -0.4 is 15.4 Å². The summed E-state index contributed by atoms with van der Waals surface area (Å²) >= 11 is 0. The van der Waals surface area contributed by atoms with Crippen molar-refractivity contribution < 1.29 is 8.42 Å². The summed E-state index contributed by atoms with van der Waals surface area (Å²) in [7, 11) is -3.55. The summed E-state index contributed by atoms with van der Waals surface area (Å²) in [6.07, 6.45) is 3.73. The van der Waals surface area contributed by atoms with Gasteiger partial charge in [-0.15, -0.1) is 0 Å². The average molecular weight is 408 g/mol. The van der Waals surface area contributed by atoms with Gasteiger partial charge in [-0.1, -0.05) is 0 Å². The minimum Gasteiger partial charge on any atom is -0.357 e. The van der Waals surface area contributed by atoms with Crippen LogP contribution in [-0.4, -0.2) is 55.3 Å². The van der Waals surface area contributed by atoms with Crippen molar-refractivity contribution in [1.29, 1.82) is 0 Å². The van der Waals surface area contributed by atoms with Crippen LogP contribution in [0.25, 0.3) is 0 Å². The van der Waals surface area contributed by atoms with Crippen LogP contribution in [0.1, 0.15) is 24.7 Å². The molecule has 0 aromatic carbocycles. The summed E-state index contributed by atoms with van der Waals surface area (Å²) in [4.78, 5) is 8.51. The van der Waals surface area contributed by atoms with E-state index >= 15 is 0 Å². The zero-order chi connectivity index (χ0) is 20.4. The number of rotatable bonds is 10. The molecule has 0 atom stereocenters. The van der Waals surface area contributed by atoms with E-state index in [0.29, 0.717) is 19.0 Å². The number of aliphatic imine (C=N–C) groups is 1. The Kier molecular flexibility index (Phi) is 8.40. The Bertz CT molecular complexity index is 863. The molecule has 0 saturated heterocycles. The summed E-state index contributed by atoms with van der Waals surface area (Å²) in [5.74, 6) is 0.663. The molecule has 0 saturated carbocycles. The third-order valence-electron chi connectivity index (χ3n) is 3.90. The fourth-order valence-electron chi connectivity index (χ4n) is 2.61. The molecule has 154 valence electrons. The van der Waals surface area contributed by atoms with E-state index in [1.54, 1.807) is 6.07 Å². The first-order chi connectivity index (χ1) is 13.4. The van der Waals surface area contributed by atoms with Crippen LogP contribution in [0.3, 0.4) is 0 Å². The standard InChI is InChI=1S/C18H29N7O2S/c1-4-20-18(21-9-6-12-25-16(3)13-15(2)24-25)22-10-11-23-28(26,27)17-7-5-8-19-14-17/h5,7-8,13-14,23H,4,6,9-12H2,1-3H3,(H2,20,21,22). The summed E-state index contributed by atoms with van der Waals surface area (Å²) in [5, 5.41) is 10.7. The normalized spacial score (nSPS) is 12.2. The van der Waals surface area contributed by atoms with Crippen LogP contribution in [0.5, 0.6) is 0 Å². The Labute approximate surface area is 166 Å². The SMILES string of the molecule is CCNC(=NCCCn1nc(C)cc1C)NCCNS(=O)(=O)c1cccnc1. The molecule has 9 nitrogen and oxygen atoms in total. The highest BCUT2D eigenvalue weighted by atomic mass is 32.2. The highest BCUT2D eigenvalue weighted by Crippen LogP contribution is 2.04. The Morgan fingerprint density at radius 2 is 2.07 bits per heavy atom. The number of hydrogen-bond donors (Lipinski definition) is 3. The zero-order valence-corrected chi connectivity index (χ0v) is 17.5. The maximum absolute atomic E-state index is 12.1. The maximum Gasteiger partial charge on any atom is 0.242 e. The van der Waals surface area contributed by atoms with Crippen LogP contribution in [-0.2, 0) is 16.6 Å². The summed E-state index contributed by atoms with van der Waals surface area (Å²) < 4.78 is 28.8. The molecule has 2 rings (SSSR count). The van der Waals surface area contributed by atoms with Gasteiger partial charge in [0.2, 0.25) is 10.0 Å². The van der Waals surface area contributed by atoms with Crippen molar-refractivity contribution in [3.63, 3.8) is 0 Å². The number of nitrogens with zero attached hydrogens (tertiary/aromatic N) is 4. The molecule has 3 N–H and O–H groups in total. The quantitative estimate of drug-likeness (QED) is 0.305. The van der Waals surface area contributed by atoms with Crippen LogP contribution in [0, 0.1) is 13.8 Å². The van der Waals surface area contributed by atoms with Crippen LogP contribution in [0.4, 0.5) is 0 Å². The molecule has 2 aromatic heterocycles. The second kappa shape index (κ2) is 10.8. The van der Waals surface area contributed by atoms with E-state index in [1.807, 2.05) is 25.5 Å². The molecule has 0 amide bonds. The molecule has 0 bridgehead atoms. The molecule has 2 heterocycles. The van der Waals surface area contributed by atoms with E-state index in [1.165, 1.54) is 18.5 Å². The number of pyridine rings is 1. The second-order valence-corrected chi connectivity index (χ2v) is 8.04. The predicted molar refractivity (Wildman–Crippen MR) is 110 cm³/mol. The smallest absolute Gasteiger partial charge is 0.242 e. The molecule has 2 aromatic rings. The number of sulfonamides is 1. The molecule has 0 aliphatic carbocycles. The molecule has 10 heteroatoms. The van der Waals surface area contributed by atoms with Gasteiger partial charge in [0, 0.05) is 50.8 Å². The van der Waals surface area contributed by atoms with E-state index in [4.69, 9.17) is 0 Å². The van der Waals surface area contributed by atoms with Gasteiger partial charge in [-0.3, -0.25) is 14.7 Å². The molecule has 0 radical (unpaired) electrons. The summed E-state index contributed by atoms with van der Waals surface area (Å²) in [5.41, 5.74) is 2.16. The first-order valence-electron chi connectivity index (χ1n) is 9.35. The number of hydrogen-bond acceptors (Lipinski definition) is 5. The van der Waals surface area contributed by atoms with Gasteiger partial charge in [0.15, 0.2) is 5.96 Å². The maximum atomic E-state index is 12.1. The molecule has 0 aliphatic heterocycles. The Balaban J connectivity index is 1.75. The van der Waals surface area contributed by atoms with Gasteiger partial charge in [-0.25, -0.2) is 13.1 Å². The Morgan fingerprint density at radius 3 is 2.71 bits per heavy atom. The van der Waals surface area contributed by atoms with Crippen molar-refractivity contribution in [2.24, 2.45) is 4.99 Å². The lowest BCUT2D eigenvalue weighted by Gasteiger charge is -2.12. The molecular formula is C18H29N7O2S. The van der Waals surface area contributed by atoms with E-state index in [9.17, 15) is 8.42 Å². The molecular weight excluding hydrogens is 378 g/mol. The predicted octanol–water partition coefficient (Wildman–Crippen LogP) is 0.819. The van der Waals surface area contributed by atoms with E-state index < -0.39 is 10.0 Å². The summed E-state index contributed by atoms with van der Waals surface area (Å²) in [6.45, 7) is 8.86. The van der Waals surface area contributed by atoms with Gasteiger partial charge in [-0.05, 0) is 45.4 Å². The van der Waals surface area contributed by atoms with Crippen LogP contribution in [0.2, 0.25) is 0 Å². The van der Waals surface area contributed by atoms with Crippen molar-refractivity contribution in [1.82, 2.24) is 30.1 Å². The second-order valence-electron chi connectivity index (χ2n) is 6.28. The minimum absolute atomic E-state index is 0.153. The Morgan fingerprint density at radius 1 is 1.25 bits per heavy atom. The third kappa shape index (κ3) is 6.93. The largest absolute Gasteiger partial charge is 0.357 e. The van der Waals surface area contributed by atoms with E-state index in [0.717, 1.165) is 30.9 Å². The number of guanidine groups is 1. The third-order valence-corrected chi connectivity index (χ3v) is 5.35. The molecule has 0 fully saturated rings.